The van der Waals surface area contributed by atoms with Crippen molar-refractivity contribution in [2.24, 2.45) is 0 Å². The summed E-state index contributed by atoms with van der Waals surface area (Å²) >= 11 is 5.79. The average molecular weight is 265 g/mol. The molecule has 0 aliphatic rings. The zero-order valence-corrected chi connectivity index (χ0v) is 10.3. The van der Waals surface area contributed by atoms with Crippen LogP contribution >= 0.6 is 11.6 Å². The maximum absolute atomic E-state index is 9.41. The van der Waals surface area contributed by atoms with E-state index in [0.29, 0.717) is 5.82 Å². The minimum atomic E-state index is -0.267. The molecule has 6 heteroatoms. The summed E-state index contributed by atoms with van der Waals surface area (Å²) in [5.74, 6) is 0.574. The van der Waals surface area contributed by atoms with Crippen LogP contribution in [0.2, 0.25) is 5.15 Å². The number of aliphatic hydroxyl groups excluding tert-OH is 1. The van der Waals surface area contributed by atoms with E-state index in [0.717, 1.165) is 5.56 Å². The third-order valence-corrected chi connectivity index (χ3v) is 2.61. The summed E-state index contributed by atoms with van der Waals surface area (Å²) in [6, 6.07) is 10.8. The standard InChI is InChI=1S/C12H13ClN4O/c13-10-6-11(17-12(14)16-10)15-9(7-18)8-4-2-1-3-5-8/h1-6,9,18H,7H2,(H3,14,15,16,17)/t9-/m1/s1. The van der Waals surface area contributed by atoms with Crippen molar-refractivity contribution in [3.05, 3.63) is 47.1 Å². The molecule has 18 heavy (non-hydrogen) atoms. The molecule has 5 nitrogen and oxygen atoms in total. The summed E-state index contributed by atoms with van der Waals surface area (Å²) in [6.07, 6.45) is 0. The van der Waals surface area contributed by atoms with Crippen molar-refractivity contribution in [1.29, 1.82) is 0 Å². The Morgan fingerprint density at radius 2 is 2.00 bits per heavy atom. The molecule has 2 rings (SSSR count). The lowest BCUT2D eigenvalue weighted by Gasteiger charge is -2.17. The van der Waals surface area contributed by atoms with Crippen LogP contribution in [0, 0.1) is 0 Å². The first-order valence-corrected chi connectivity index (χ1v) is 5.79. The van der Waals surface area contributed by atoms with Crippen LogP contribution in [0.1, 0.15) is 11.6 Å². The minimum absolute atomic E-state index is 0.0639. The van der Waals surface area contributed by atoms with Crippen LogP contribution in [0.25, 0.3) is 0 Å². The monoisotopic (exact) mass is 264 g/mol. The van der Waals surface area contributed by atoms with Gasteiger partial charge in [-0.3, -0.25) is 0 Å². The van der Waals surface area contributed by atoms with Gasteiger partial charge in [0.05, 0.1) is 12.6 Å². The summed E-state index contributed by atoms with van der Waals surface area (Å²) in [5, 5.41) is 12.7. The van der Waals surface area contributed by atoms with Crippen molar-refractivity contribution >= 4 is 23.4 Å². The zero-order valence-electron chi connectivity index (χ0n) is 9.55. The van der Waals surface area contributed by atoms with Gasteiger partial charge >= 0.3 is 0 Å². The first-order valence-electron chi connectivity index (χ1n) is 5.41. The molecule has 2 aromatic rings. The zero-order chi connectivity index (χ0) is 13.0. The topological polar surface area (TPSA) is 84.1 Å². The van der Waals surface area contributed by atoms with Crippen molar-refractivity contribution in [1.82, 2.24) is 9.97 Å². The second-order valence-corrected chi connectivity index (χ2v) is 4.11. The molecule has 1 heterocycles. The molecule has 1 aromatic carbocycles. The summed E-state index contributed by atoms with van der Waals surface area (Å²) in [7, 11) is 0. The average Bonchev–Trinajstić information content (AvgIpc) is 2.36. The lowest BCUT2D eigenvalue weighted by Crippen LogP contribution is -2.16. The minimum Gasteiger partial charge on any atom is -0.394 e. The van der Waals surface area contributed by atoms with Crippen LogP contribution in [0.4, 0.5) is 11.8 Å². The van der Waals surface area contributed by atoms with Crippen LogP contribution in [0.3, 0.4) is 0 Å². The number of rotatable bonds is 4. The van der Waals surface area contributed by atoms with Gasteiger partial charge < -0.3 is 16.2 Å². The molecule has 94 valence electrons. The lowest BCUT2D eigenvalue weighted by molar-refractivity contribution is 0.276. The molecule has 4 N–H and O–H groups in total. The maximum atomic E-state index is 9.41. The molecule has 0 amide bonds. The predicted molar refractivity (Wildman–Crippen MR) is 71.3 cm³/mol. The van der Waals surface area contributed by atoms with Crippen molar-refractivity contribution in [3.8, 4) is 0 Å². The Kier molecular flexibility index (Phi) is 3.96. The molecule has 1 atom stereocenters. The molecule has 0 spiro atoms. The largest absolute Gasteiger partial charge is 0.394 e. The Morgan fingerprint density at radius 3 is 2.61 bits per heavy atom. The Morgan fingerprint density at radius 1 is 1.28 bits per heavy atom. The molecular weight excluding hydrogens is 252 g/mol. The molecule has 0 bridgehead atoms. The van der Waals surface area contributed by atoms with Gasteiger partial charge in [0.1, 0.15) is 11.0 Å². The van der Waals surface area contributed by atoms with Crippen molar-refractivity contribution < 1.29 is 5.11 Å². The quantitative estimate of drug-likeness (QED) is 0.734. The summed E-state index contributed by atoms with van der Waals surface area (Å²) in [6.45, 7) is -0.0639. The summed E-state index contributed by atoms with van der Waals surface area (Å²) in [5.41, 5.74) is 6.46. The molecule has 0 saturated carbocycles. The van der Waals surface area contributed by atoms with Gasteiger partial charge in [-0.1, -0.05) is 41.9 Å². The van der Waals surface area contributed by atoms with Crippen LogP contribution in [0.15, 0.2) is 36.4 Å². The van der Waals surface area contributed by atoms with Gasteiger partial charge in [0.2, 0.25) is 5.95 Å². The molecule has 0 aliphatic carbocycles. The van der Waals surface area contributed by atoms with E-state index >= 15 is 0 Å². The molecule has 0 radical (unpaired) electrons. The van der Waals surface area contributed by atoms with Gasteiger partial charge in [-0.2, -0.15) is 4.98 Å². The number of aromatic nitrogens is 2. The Labute approximate surface area is 110 Å². The smallest absolute Gasteiger partial charge is 0.223 e. The lowest BCUT2D eigenvalue weighted by atomic mass is 10.1. The van der Waals surface area contributed by atoms with Gasteiger partial charge in [-0.05, 0) is 5.56 Å². The number of nitrogen functional groups attached to an aromatic ring is 1. The first kappa shape index (κ1) is 12.6. The fourth-order valence-corrected chi connectivity index (χ4v) is 1.80. The van der Waals surface area contributed by atoms with E-state index in [1.807, 2.05) is 30.3 Å². The summed E-state index contributed by atoms with van der Waals surface area (Å²) in [4.78, 5) is 7.78. The highest BCUT2D eigenvalue weighted by molar-refractivity contribution is 6.29. The number of benzene rings is 1. The van der Waals surface area contributed by atoms with Crippen LogP contribution in [-0.4, -0.2) is 21.7 Å². The van der Waals surface area contributed by atoms with Gasteiger partial charge in [-0.25, -0.2) is 4.98 Å². The van der Waals surface area contributed by atoms with Gasteiger partial charge in [0.25, 0.3) is 0 Å². The second kappa shape index (κ2) is 5.66. The highest BCUT2D eigenvalue weighted by Gasteiger charge is 2.11. The molecule has 1 aromatic heterocycles. The third-order valence-electron chi connectivity index (χ3n) is 2.42. The third kappa shape index (κ3) is 3.09. The Balaban J connectivity index is 2.20. The second-order valence-electron chi connectivity index (χ2n) is 3.72. The van der Waals surface area contributed by atoms with Gasteiger partial charge in [-0.15, -0.1) is 0 Å². The van der Waals surface area contributed by atoms with Crippen LogP contribution in [-0.2, 0) is 0 Å². The van der Waals surface area contributed by atoms with E-state index < -0.39 is 0 Å². The van der Waals surface area contributed by atoms with Gasteiger partial charge in [0.15, 0.2) is 0 Å². The Hall–Kier alpha value is -1.85. The summed E-state index contributed by atoms with van der Waals surface area (Å²) < 4.78 is 0. The van der Waals surface area contributed by atoms with Crippen LogP contribution in [0.5, 0.6) is 0 Å². The molecular formula is C12H13ClN4O. The van der Waals surface area contributed by atoms with E-state index in [9.17, 15) is 5.11 Å². The number of hydrogen-bond acceptors (Lipinski definition) is 5. The molecule has 0 fully saturated rings. The normalized spacial score (nSPS) is 12.1. The van der Waals surface area contributed by atoms with Crippen LogP contribution < -0.4 is 11.1 Å². The van der Waals surface area contributed by atoms with Crippen molar-refractivity contribution in [2.75, 3.05) is 17.7 Å². The molecule has 0 saturated heterocycles. The predicted octanol–water partition coefficient (Wildman–Crippen LogP) is 1.86. The number of aliphatic hydroxyl groups is 1. The number of nitrogens with one attached hydrogen (secondary N) is 1. The molecule has 0 aliphatic heterocycles. The number of nitrogens with zero attached hydrogens (tertiary/aromatic N) is 2. The van der Waals surface area contributed by atoms with E-state index in [-0.39, 0.29) is 23.8 Å². The van der Waals surface area contributed by atoms with Crippen molar-refractivity contribution in [2.45, 2.75) is 6.04 Å². The number of halogens is 1. The fourth-order valence-electron chi connectivity index (χ4n) is 1.61. The highest BCUT2D eigenvalue weighted by atomic mass is 35.5. The van der Waals surface area contributed by atoms with Gasteiger partial charge in [0, 0.05) is 6.07 Å². The maximum Gasteiger partial charge on any atom is 0.223 e. The fraction of sp³-hybridized carbons (Fsp3) is 0.167. The highest BCUT2D eigenvalue weighted by Crippen LogP contribution is 2.20. The van der Waals surface area contributed by atoms with E-state index in [1.54, 1.807) is 6.07 Å². The van der Waals surface area contributed by atoms with E-state index in [1.165, 1.54) is 0 Å². The Bertz CT molecular complexity index is 500. The van der Waals surface area contributed by atoms with E-state index in [4.69, 9.17) is 17.3 Å². The SMILES string of the molecule is Nc1nc(Cl)cc(N[C@H](CO)c2ccccc2)n1. The van der Waals surface area contributed by atoms with E-state index in [2.05, 4.69) is 15.3 Å². The molecule has 0 unspecified atom stereocenters. The number of anilines is 2. The first-order chi connectivity index (χ1) is 8.69. The number of nitrogens with two attached hydrogens (primary N) is 1. The number of hydrogen-bond donors (Lipinski definition) is 3. The van der Waals surface area contributed by atoms with Crippen molar-refractivity contribution in [3.63, 3.8) is 0 Å².